The summed E-state index contributed by atoms with van der Waals surface area (Å²) >= 11 is 5.75. The third kappa shape index (κ3) is 2.30. The van der Waals surface area contributed by atoms with Gasteiger partial charge >= 0.3 is 0 Å². The zero-order valence-corrected chi connectivity index (χ0v) is 9.15. The molecular formula is C9H12ClN5. The fraction of sp³-hybridized carbons (Fsp3) is 0.333. The highest BCUT2D eigenvalue weighted by Crippen LogP contribution is 2.07. The summed E-state index contributed by atoms with van der Waals surface area (Å²) in [6.07, 6.45) is 5.31. The molecule has 0 spiro atoms. The first-order valence-corrected chi connectivity index (χ1v) is 5.00. The predicted octanol–water partition coefficient (Wildman–Crippen LogP) is 1.32. The van der Waals surface area contributed by atoms with Crippen LogP contribution in [0.15, 0.2) is 18.6 Å². The van der Waals surface area contributed by atoms with E-state index in [1.165, 1.54) is 0 Å². The summed E-state index contributed by atoms with van der Waals surface area (Å²) in [7, 11) is 0. The number of anilines is 1. The van der Waals surface area contributed by atoms with Crippen molar-refractivity contribution in [1.29, 1.82) is 0 Å². The normalized spacial score (nSPS) is 10.8. The van der Waals surface area contributed by atoms with Gasteiger partial charge in [0, 0.05) is 18.0 Å². The fourth-order valence-electron chi connectivity index (χ4n) is 1.32. The van der Waals surface area contributed by atoms with E-state index in [-0.39, 0.29) is 0 Å². The van der Waals surface area contributed by atoms with Gasteiger partial charge in [0.1, 0.15) is 5.82 Å². The summed E-state index contributed by atoms with van der Waals surface area (Å²) in [6, 6.07) is 0. The molecule has 0 amide bonds. The maximum Gasteiger partial charge on any atom is 0.148 e. The molecule has 0 aromatic carbocycles. The molecule has 0 unspecified atom stereocenters. The smallest absolute Gasteiger partial charge is 0.148 e. The van der Waals surface area contributed by atoms with Crippen molar-refractivity contribution in [3.8, 4) is 0 Å². The van der Waals surface area contributed by atoms with Crippen LogP contribution in [0.3, 0.4) is 0 Å². The van der Waals surface area contributed by atoms with Crippen LogP contribution in [0.5, 0.6) is 0 Å². The molecule has 0 aliphatic rings. The highest BCUT2D eigenvalue weighted by atomic mass is 35.5. The Kier molecular flexibility index (Phi) is 2.64. The van der Waals surface area contributed by atoms with Crippen LogP contribution < -0.4 is 5.73 Å². The third-order valence-electron chi connectivity index (χ3n) is 2.14. The van der Waals surface area contributed by atoms with E-state index >= 15 is 0 Å². The molecule has 0 aliphatic heterocycles. The van der Waals surface area contributed by atoms with Gasteiger partial charge < -0.3 is 5.73 Å². The molecule has 2 aromatic heterocycles. The Bertz CT molecular complexity index is 439. The largest absolute Gasteiger partial charge is 0.382 e. The zero-order valence-electron chi connectivity index (χ0n) is 8.39. The lowest BCUT2D eigenvalue weighted by Gasteiger charge is -2.01. The molecule has 0 radical (unpaired) electrons. The Balaban J connectivity index is 1.99. The maximum atomic E-state index is 5.75. The number of hydrogen-bond acceptors (Lipinski definition) is 3. The Hall–Kier alpha value is -1.49. The molecule has 0 saturated carbocycles. The zero-order chi connectivity index (χ0) is 10.8. The van der Waals surface area contributed by atoms with Gasteiger partial charge in [0.05, 0.1) is 24.3 Å². The second-order valence-electron chi connectivity index (χ2n) is 3.38. The molecule has 2 heterocycles. The lowest BCUT2D eigenvalue weighted by atomic mass is 10.4. The van der Waals surface area contributed by atoms with Crippen LogP contribution in [0.1, 0.15) is 5.56 Å². The van der Waals surface area contributed by atoms with Gasteiger partial charge in [0.2, 0.25) is 0 Å². The standard InChI is InChI=1S/C9H12ClN5/c1-7-5-15(13-9(7)11)3-2-14-6-8(10)4-12-14/h4-6H,2-3H2,1H3,(H2,11,13). The van der Waals surface area contributed by atoms with Gasteiger partial charge in [-0.3, -0.25) is 9.36 Å². The fourth-order valence-corrected chi connectivity index (χ4v) is 1.47. The maximum absolute atomic E-state index is 5.75. The minimum atomic E-state index is 0.577. The monoisotopic (exact) mass is 225 g/mol. The number of halogens is 1. The number of aryl methyl sites for hydroxylation is 3. The Labute approximate surface area is 92.4 Å². The summed E-state index contributed by atoms with van der Waals surface area (Å²) in [4.78, 5) is 0. The number of aromatic nitrogens is 4. The van der Waals surface area contributed by atoms with E-state index in [0.29, 0.717) is 10.8 Å². The summed E-state index contributed by atoms with van der Waals surface area (Å²) in [5.74, 6) is 0.577. The Morgan fingerprint density at radius 1 is 1.33 bits per heavy atom. The highest BCUT2D eigenvalue weighted by molar-refractivity contribution is 6.30. The number of nitrogens with two attached hydrogens (primary N) is 1. The third-order valence-corrected chi connectivity index (χ3v) is 2.34. The summed E-state index contributed by atoms with van der Waals surface area (Å²) in [6.45, 7) is 3.40. The van der Waals surface area contributed by atoms with E-state index < -0.39 is 0 Å². The van der Waals surface area contributed by atoms with Gasteiger partial charge in [-0.25, -0.2) is 0 Å². The Morgan fingerprint density at radius 2 is 2.07 bits per heavy atom. The molecule has 0 bridgehead atoms. The van der Waals surface area contributed by atoms with Gasteiger partial charge in [-0.2, -0.15) is 10.2 Å². The van der Waals surface area contributed by atoms with Crippen molar-refractivity contribution in [2.24, 2.45) is 0 Å². The Morgan fingerprint density at radius 3 is 2.60 bits per heavy atom. The van der Waals surface area contributed by atoms with Crippen LogP contribution in [-0.2, 0) is 13.1 Å². The molecule has 80 valence electrons. The lowest BCUT2D eigenvalue weighted by Crippen LogP contribution is -2.08. The SMILES string of the molecule is Cc1cn(CCn2cc(Cl)cn2)nc1N. The van der Waals surface area contributed by atoms with E-state index in [2.05, 4.69) is 10.2 Å². The van der Waals surface area contributed by atoms with Crippen molar-refractivity contribution in [2.45, 2.75) is 20.0 Å². The first kappa shape index (κ1) is 10.0. The quantitative estimate of drug-likeness (QED) is 0.857. The van der Waals surface area contributed by atoms with Crippen LogP contribution >= 0.6 is 11.6 Å². The van der Waals surface area contributed by atoms with E-state index in [9.17, 15) is 0 Å². The second-order valence-corrected chi connectivity index (χ2v) is 3.82. The van der Waals surface area contributed by atoms with Crippen molar-refractivity contribution in [3.05, 3.63) is 29.2 Å². The second kappa shape index (κ2) is 3.94. The average Bonchev–Trinajstić information content (AvgIpc) is 2.72. The molecule has 15 heavy (non-hydrogen) atoms. The van der Waals surface area contributed by atoms with Crippen LogP contribution in [0.4, 0.5) is 5.82 Å². The lowest BCUT2D eigenvalue weighted by molar-refractivity contribution is 0.501. The van der Waals surface area contributed by atoms with Gasteiger partial charge in [0.25, 0.3) is 0 Å². The highest BCUT2D eigenvalue weighted by Gasteiger charge is 2.01. The van der Waals surface area contributed by atoms with E-state index in [1.54, 1.807) is 21.8 Å². The number of hydrogen-bond donors (Lipinski definition) is 1. The summed E-state index contributed by atoms with van der Waals surface area (Å²) < 4.78 is 3.58. The number of nitrogen functional groups attached to an aromatic ring is 1. The predicted molar refractivity (Wildman–Crippen MR) is 58.6 cm³/mol. The van der Waals surface area contributed by atoms with Crippen molar-refractivity contribution >= 4 is 17.4 Å². The molecule has 0 atom stereocenters. The van der Waals surface area contributed by atoms with Crippen LogP contribution in [0.2, 0.25) is 5.02 Å². The van der Waals surface area contributed by atoms with Gasteiger partial charge in [-0.05, 0) is 6.92 Å². The van der Waals surface area contributed by atoms with Gasteiger partial charge in [0.15, 0.2) is 0 Å². The summed E-state index contributed by atoms with van der Waals surface area (Å²) in [5, 5.41) is 8.87. The summed E-state index contributed by atoms with van der Waals surface area (Å²) in [5.41, 5.74) is 6.63. The van der Waals surface area contributed by atoms with E-state index in [1.807, 2.05) is 13.1 Å². The van der Waals surface area contributed by atoms with E-state index in [0.717, 1.165) is 18.7 Å². The topological polar surface area (TPSA) is 61.7 Å². The van der Waals surface area contributed by atoms with Crippen molar-refractivity contribution in [3.63, 3.8) is 0 Å². The number of nitrogens with zero attached hydrogens (tertiary/aromatic N) is 4. The average molecular weight is 226 g/mol. The molecule has 2 N–H and O–H groups in total. The first-order chi connectivity index (χ1) is 7.15. The molecular weight excluding hydrogens is 214 g/mol. The molecule has 0 saturated heterocycles. The molecule has 5 nitrogen and oxygen atoms in total. The van der Waals surface area contributed by atoms with Crippen LogP contribution in [0, 0.1) is 6.92 Å². The minimum Gasteiger partial charge on any atom is -0.382 e. The molecule has 0 fully saturated rings. The molecule has 0 aliphatic carbocycles. The van der Waals surface area contributed by atoms with Crippen molar-refractivity contribution in [1.82, 2.24) is 19.6 Å². The number of rotatable bonds is 3. The van der Waals surface area contributed by atoms with Crippen molar-refractivity contribution in [2.75, 3.05) is 5.73 Å². The molecule has 6 heteroatoms. The van der Waals surface area contributed by atoms with Gasteiger partial charge in [-0.15, -0.1) is 0 Å². The van der Waals surface area contributed by atoms with Crippen LogP contribution in [-0.4, -0.2) is 19.6 Å². The van der Waals surface area contributed by atoms with E-state index in [4.69, 9.17) is 17.3 Å². The molecule has 2 rings (SSSR count). The molecule has 2 aromatic rings. The van der Waals surface area contributed by atoms with Crippen molar-refractivity contribution < 1.29 is 0 Å². The first-order valence-electron chi connectivity index (χ1n) is 4.62. The van der Waals surface area contributed by atoms with Gasteiger partial charge in [-0.1, -0.05) is 11.6 Å². The van der Waals surface area contributed by atoms with Crippen LogP contribution in [0.25, 0.3) is 0 Å². The minimum absolute atomic E-state index is 0.577.